The zero-order valence-electron chi connectivity index (χ0n) is 22.4. The highest BCUT2D eigenvalue weighted by Gasteiger charge is 2.42. The molecule has 0 saturated heterocycles. The van der Waals surface area contributed by atoms with Crippen molar-refractivity contribution < 1.29 is 14.0 Å². The minimum atomic E-state index is -0.990. The van der Waals surface area contributed by atoms with Crippen molar-refractivity contribution in [2.45, 2.75) is 78.6 Å². The maximum absolute atomic E-state index is 6.36. The van der Waals surface area contributed by atoms with Gasteiger partial charge in [0.1, 0.15) is 17.2 Å². The molecule has 6 rings (SSSR count). The quantitative estimate of drug-likeness (QED) is 0.269. The van der Waals surface area contributed by atoms with Crippen molar-refractivity contribution in [1.82, 2.24) is 0 Å². The third kappa shape index (κ3) is 4.47. The smallest absolute Gasteiger partial charge is 0.489 e. The highest BCUT2D eigenvalue weighted by atomic mass is 31.1. The molecule has 35 heavy (non-hydrogen) atoms. The number of benzene rings is 3. The molecule has 5 heteroatoms. The Morgan fingerprint density at radius 3 is 1.03 bits per heavy atom. The molecule has 0 aromatic heterocycles. The summed E-state index contributed by atoms with van der Waals surface area (Å²) in [7, 11) is -1.85. The molecule has 182 valence electrons. The first-order valence-corrected chi connectivity index (χ1v) is 13.8. The molecular weight excluding hydrogens is 450 g/mol. The molecule has 3 nitrogen and oxygen atoms in total. The molecule has 0 unspecified atom stereocenters. The summed E-state index contributed by atoms with van der Waals surface area (Å²) in [6.45, 7) is 20.4. The Labute approximate surface area is 212 Å². The first-order valence-electron chi connectivity index (χ1n) is 12.5. The predicted octanol–water partition coefficient (Wildman–Crippen LogP) is 6.49. The average molecular weight is 486 g/mol. The Balaban J connectivity index is 1.86. The van der Waals surface area contributed by atoms with Gasteiger partial charge in [0.2, 0.25) is 0 Å². The summed E-state index contributed by atoms with van der Waals surface area (Å²) in [5.41, 5.74) is 3.99. The Bertz CT molecular complexity index is 1130. The van der Waals surface area contributed by atoms with Gasteiger partial charge in [-0.2, -0.15) is 0 Å². The van der Waals surface area contributed by atoms with Gasteiger partial charge >= 0.3 is 7.32 Å². The van der Waals surface area contributed by atoms with Gasteiger partial charge < -0.3 is 14.0 Å². The molecule has 3 aromatic rings. The molecule has 3 heterocycles. The molecule has 0 fully saturated rings. The predicted molar refractivity (Wildman–Crippen MR) is 149 cm³/mol. The van der Waals surface area contributed by atoms with E-state index < -0.39 is 15.2 Å². The Morgan fingerprint density at radius 1 is 0.486 bits per heavy atom. The lowest BCUT2D eigenvalue weighted by Gasteiger charge is -2.35. The molecule has 2 bridgehead atoms. The molecule has 0 radical (unpaired) electrons. The van der Waals surface area contributed by atoms with Crippen molar-refractivity contribution in [3.8, 4) is 17.2 Å². The van der Waals surface area contributed by atoms with Crippen LogP contribution in [0.2, 0.25) is 0 Å². The Morgan fingerprint density at radius 2 is 0.771 bits per heavy atom. The highest BCUT2D eigenvalue weighted by molar-refractivity contribution is 7.80. The van der Waals surface area contributed by atoms with Gasteiger partial charge in [-0.1, -0.05) is 80.5 Å². The highest BCUT2D eigenvalue weighted by Crippen LogP contribution is 2.47. The van der Waals surface area contributed by atoms with E-state index in [4.69, 9.17) is 14.0 Å². The third-order valence-electron chi connectivity index (χ3n) is 6.87. The third-order valence-corrected chi connectivity index (χ3v) is 9.36. The molecule has 0 saturated carbocycles. The maximum Gasteiger partial charge on any atom is 0.864 e. The van der Waals surface area contributed by atoms with Gasteiger partial charge in [-0.15, -0.1) is 0 Å². The van der Waals surface area contributed by atoms with Gasteiger partial charge in [-0.3, -0.25) is 0 Å². The van der Waals surface area contributed by atoms with Crippen molar-refractivity contribution in [2.24, 2.45) is 0 Å². The molecule has 0 N–H and O–H groups in total. The van der Waals surface area contributed by atoms with E-state index in [-0.39, 0.29) is 16.2 Å². The second-order valence-electron chi connectivity index (χ2n) is 12.8. The van der Waals surface area contributed by atoms with E-state index >= 15 is 0 Å². The van der Waals surface area contributed by atoms with Gasteiger partial charge in [0.05, 0.1) is 0 Å². The lowest BCUT2D eigenvalue weighted by atomic mass is 9.87. The first kappa shape index (κ1) is 24.3. The zero-order valence-corrected chi connectivity index (χ0v) is 23.3. The number of hydrogen-bond acceptors (Lipinski definition) is 3. The van der Waals surface area contributed by atoms with Crippen LogP contribution in [0.1, 0.15) is 79.0 Å². The topological polar surface area (TPSA) is 27.7 Å². The summed E-state index contributed by atoms with van der Waals surface area (Å²) in [6, 6.07) is 19.9. The fourth-order valence-corrected chi connectivity index (χ4v) is 7.17. The molecule has 3 aromatic carbocycles. The van der Waals surface area contributed by atoms with Crippen LogP contribution in [0.3, 0.4) is 0 Å². The minimum absolute atomic E-state index is 0.0289. The van der Waals surface area contributed by atoms with Crippen LogP contribution in [0.15, 0.2) is 54.6 Å². The minimum Gasteiger partial charge on any atom is -0.489 e. The summed E-state index contributed by atoms with van der Waals surface area (Å²) in [6.07, 6.45) is 0. The summed E-state index contributed by atoms with van der Waals surface area (Å²) < 4.78 is 19.1. The van der Waals surface area contributed by atoms with Crippen LogP contribution >= 0.6 is 7.92 Å². The van der Waals surface area contributed by atoms with Crippen molar-refractivity contribution in [3.63, 3.8) is 0 Å². The van der Waals surface area contributed by atoms with E-state index in [9.17, 15) is 0 Å². The largest absolute Gasteiger partial charge is 0.864 e. The SMILES string of the molecule is CC(C)(C)c1ccc2c(c1)P1c3cc(C(C)(C)C)ccc3OB(O2)Oc2ccc(C(C)(C)C)cc21. The van der Waals surface area contributed by atoms with E-state index in [1.165, 1.54) is 32.6 Å². The molecule has 0 atom stereocenters. The van der Waals surface area contributed by atoms with Crippen LogP contribution in [-0.2, 0) is 16.2 Å². The normalized spacial score (nSPS) is 15.5. The first-order chi connectivity index (χ1) is 16.2. The summed E-state index contributed by atoms with van der Waals surface area (Å²) in [5, 5.41) is 3.68. The van der Waals surface area contributed by atoms with Gasteiger partial charge in [0.25, 0.3) is 0 Å². The van der Waals surface area contributed by atoms with Crippen LogP contribution in [0.5, 0.6) is 17.2 Å². The van der Waals surface area contributed by atoms with Gasteiger partial charge in [-0.25, -0.2) is 0 Å². The molecule has 3 aliphatic heterocycles. The molecule has 0 aliphatic carbocycles. The van der Waals surface area contributed by atoms with Crippen LogP contribution in [0, 0.1) is 0 Å². The number of hydrogen-bond donors (Lipinski definition) is 0. The van der Waals surface area contributed by atoms with E-state index in [0.29, 0.717) is 0 Å². The summed E-state index contributed by atoms with van der Waals surface area (Å²) in [4.78, 5) is 0. The van der Waals surface area contributed by atoms with Gasteiger partial charge in [-0.05, 0) is 77.3 Å². The van der Waals surface area contributed by atoms with Crippen LogP contribution < -0.4 is 29.9 Å². The fourth-order valence-electron chi connectivity index (χ4n) is 4.55. The lowest BCUT2D eigenvalue weighted by molar-refractivity contribution is 0.308. The lowest BCUT2D eigenvalue weighted by Crippen LogP contribution is -2.45. The van der Waals surface area contributed by atoms with Crippen molar-refractivity contribution in [1.29, 1.82) is 0 Å². The molecule has 0 spiro atoms. The van der Waals surface area contributed by atoms with E-state index in [2.05, 4.69) is 117 Å². The van der Waals surface area contributed by atoms with Gasteiger partial charge in [0.15, 0.2) is 0 Å². The summed E-state index contributed by atoms with van der Waals surface area (Å²) in [5.74, 6) is 2.52. The zero-order chi connectivity index (χ0) is 25.3. The fraction of sp³-hybridized carbons (Fsp3) is 0.400. The van der Waals surface area contributed by atoms with E-state index in [1.807, 2.05) is 0 Å². The average Bonchev–Trinajstić information content (AvgIpc) is 2.71. The van der Waals surface area contributed by atoms with Crippen LogP contribution in [-0.4, -0.2) is 7.32 Å². The molecule has 3 aliphatic rings. The van der Waals surface area contributed by atoms with Crippen molar-refractivity contribution in [3.05, 3.63) is 71.3 Å². The monoisotopic (exact) mass is 486 g/mol. The molecular formula is C30H36BO3P. The summed E-state index contributed by atoms with van der Waals surface area (Å²) >= 11 is 0. The Kier molecular flexibility index (Phi) is 5.57. The molecule has 0 amide bonds. The van der Waals surface area contributed by atoms with E-state index in [1.54, 1.807) is 0 Å². The van der Waals surface area contributed by atoms with Crippen LogP contribution in [0.4, 0.5) is 0 Å². The van der Waals surface area contributed by atoms with Crippen molar-refractivity contribution in [2.75, 3.05) is 0 Å². The van der Waals surface area contributed by atoms with Gasteiger partial charge in [0, 0.05) is 15.9 Å². The number of rotatable bonds is 0. The van der Waals surface area contributed by atoms with Crippen LogP contribution in [0.25, 0.3) is 0 Å². The Hall–Kier alpha value is -2.45. The second-order valence-corrected chi connectivity index (χ2v) is 14.9. The second kappa shape index (κ2) is 8.03. The maximum atomic E-state index is 6.36. The van der Waals surface area contributed by atoms with E-state index in [0.717, 1.165) is 17.2 Å². The standard InChI is InChI=1S/C30H36BO3P/c1-28(2,3)19-10-13-22-25(16-19)35-26-17-20(29(4,5)6)11-14-23(26)33-31(32-22)34-24-15-12-21(18-27(24)35)30(7,8)9/h10-18H,1-9H3. The van der Waals surface area contributed by atoms with Crippen molar-refractivity contribution >= 4 is 31.2 Å².